The zero-order valence-corrected chi connectivity index (χ0v) is 40.8. The first-order chi connectivity index (χ1) is 31.0. The topological polar surface area (TPSA) is 78.9 Å². The maximum atomic E-state index is 12.8. The molecule has 0 aromatic carbocycles. The number of hydrogen-bond acceptors (Lipinski definition) is 6. The first-order valence-electron chi connectivity index (χ1n) is 25.8. The minimum Gasteiger partial charge on any atom is -0.462 e. The number of allylic oxidation sites excluding steroid dienone is 16. The lowest BCUT2D eigenvalue weighted by Gasteiger charge is -2.18. The number of hydrogen-bond donors (Lipinski definition) is 0. The zero-order valence-electron chi connectivity index (χ0n) is 40.8. The number of esters is 3. The van der Waals surface area contributed by atoms with E-state index in [1.807, 2.05) is 54.7 Å². The number of unbranched alkanes of at least 4 members (excludes halogenated alkanes) is 22. The van der Waals surface area contributed by atoms with Crippen molar-refractivity contribution in [2.45, 2.75) is 232 Å². The number of rotatable bonds is 45. The van der Waals surface area contributed by atoms with Gasteiger partial charge in [0.2, 0.25) is 0 Å². The molecule has 1 atom stereocenters. The maximum absolute atomic E-state index is 12.8. The standard InChI is InChI=1S/C57H94O6/c1-4-7-10-13-16-19-22-25-27-28-30-32-35-38-41-44-47-50-56(59)62-53-54(52-61-55(58)49-46-43-40-37-34-31-24-21-18-15-12-9-6-3)63-57(60)51-48-45-42-39-36-33-29-26-23-20-17-14-11-8-5-2/h8,11,14,17,20,23,25-27,29,31,33-34,36,40,43,54H,4-7,9-10,12-13,15-16,18-19,21-22,24,28,30,32,35,37-39,41-42,44-53H2,1-3H3/b11-8+,17-14+,23-20+,27-25+,29-26+,34-31+,36-33+,43-40+. The average Bonchev–Trinajstić information content (AvgIpc) is 3.28. The predicted octanol–water partition coefficient (Wildman–Crippen LogP) is 17.0. The van der Waals surface area contributed by atoms with Crippen LogP contribution < -0.4 is 0 Å². The summed E-state index contributed by atoms with van der Waals surface area (Å²) < 4.78 is 16.7. The largest absolute Gasteiger partial charge is 0.462 e. The van der Waals surface area contributed by atoms with Crippen LogP contribution >= 0.6 is 0 Å². The second-order valence-electron chi connectivity index (χ2n) is 16.8. The molecular formula is C57H94O6. The molecule has 1 unspecified atom stereocenters. The molecular weight excluding hydrogens is 781 g/mol. The summed E-state index contributed by atoms with van der Waals surface area (Å²) in [7, 11) is 0. The van der Waals surface area contributed by atoms with Gasteiger partial charge in [-0.05, 0) is 83.5 Å². The van der Waals surface area contributed by atoms with Gasteiger partial charge >= 0.3 is 17.9 Å². The van der Waals surface area contributed by atoms with Crippen LogP contribution in [-0.2, 0) is 28.6 Å². The lowest BCUT2D eigenvalue weighted by atomic mass is 10.1. The van der Waals surface area contributed by atoms with Gasteiger partial charge in [-0.3, -0.25) is 14.4 Å². The van der Waals surface area contributed by atoms with E-state index in [1.165, 1.54) is 116 Å². The van der Waals surface area contributed by atoms with Gasteiger partial charge in [-0.2, -0.15) is 0 Å². The molecule has 0 heterocycles. The third-order valence-corrected chi connectivity index (χ3v) is 10.7. The first-order valence-corrected chi connectivity index (χ1v) is 25.8. The summed E-state index contributed by atoms with van der Waals surface area (Å²) in [6.07, 6.45) is 66.9. The summed E-state index contributed by atoms with van der Waals surface area (Å²) in [6.45, 7) is 6.38. The van der Waals surface area contributed by atoms with E-state index < -0.39 is 6.10 Å². The Morgan fingerprint density at radius 1 is 0.349 bits per heavy atom. The molecule has 63 heavy (non-hydrogen) atoms. The maximum Gasteiger partial charge on any atom is 0.306 e. The molecule has 0 rings (SSSR count). The number of ether oxygens (including phenoxy) is 3. The molecule has 358 valence electrons. The first kappa shape index (κ1) is 59.3. The van der Waals surface area contributed by atoms with Crippen molar-refractivity contribution in [3.8, 4) is 0 Å². The molecule has 0 aromatic rings. The van der Waals surface area contributed by atoms with Crippen LogP contribution in [-0.4, -0.2) is 37.2 Å². The number of carbonyl (C=O) groups is 3. The normalized spacial score (nSPS) is 12.9. The van der Waals surface area contributed by atoms with Crippen LogP contribution in [0.15, 0.2) is 97.2 Å². The fourth-order valence-electron chi connectivity index (χ4n) is 6.80. The van der Waals surface area contributed by atoms with Gasteiger partial charge in [-0.15, -0.1) is 0 Å². The molecule has 0 saturated heterocycles. The van der Waals surface area contributed by atoms with Gasteiger partial charge in [-0.1, -0.05) is 221 Å². The molecule has 0 aliphatic rings. The van der Waals surface area contributed by atoms with Gasteiger partial charge in [0.05, 0.1) is 0 Å². The molecule has 0 spiro atoms. The molecule has 6 nitrogen and oxygen atoms in total. The lowest BCUT2D eigenvalue weighted by molar-refractivity contribution is -0.166. The van der Waals surface area contributed by atoms with Crippen molar-refractivity contribution < 1.29 is 28.6 Å². The van der Waals surface area contributed by atoms with Crippen LogP contribution in [0.3, 0.4) is 0 Å². The zero-order chi connectivity index (χ0) is 45.8. The van der Waals surface area contributed by atoms with Crippen LogP contribution in [0, 0.1) is 0 Å². The molecule has 0 radical (unpaired) electrons. The van der Waals surface area contributed by atoms with Crippen LogP contribution in [0.2, 0.25) is 0 Å². The summed E-state index contributed by atoms with van der Waals surface area (Å²) in [5.41, 5.74) is 0. The highest BCUT2D eigenvalue weighted by Crippen LogP contribution is 2.13. The molecule has 0 aromatic heterocycles. The SMILES string of the molecule is CC/C=C/C=C/C=C/C=C/C=C/CCCCCC(=O)OC(COC(=O)CC/C=C/C/C=C/CCCCCCCC)COC(=O)CCCCCCCCC/C=C/CCCCCCCC. The second kappa shape index (κ2) is 51.0. The molecule has 0 aliphatic carbocycles. The minimum absolute atomic E-state index is 0.115. The highest BCUT2D eigenvalue weighted by Gasteiger charge is 2.19. The fraction of sp³-hybridized carbons (Fsp3) is 0.667. The van der Waals surface area contributed by atoms with Crippen molar-refractivity contribution in [2.24, 2.45) is 0 Å². The summed E-state index contributed by atoms with van der Waals surface area (Å²) in [5, 5.41) is 0. The van der Waals surface area contributed by atoms with E-state index >= 15 is 0 Å². The third-order valence-electron chi connectivity index (χ3n) is 10.7. The van der Waals surface area contributed by atoms with E-state index in [2.05, 4.69) is 63.3 Å². The minimum atomic E-state index is -0.824. The Balaban J connectivity index is 4.52. The lowest BCUT2D eigenvalue weighted by Crippen LogP contribution is -2.30. The van der Waals surface area contributed by atoms with Gasteiger partial charge < -0.3 is 14.2 Å². The Morgan fingerprint density at radius 3 is 1.22 bits per heavy atom. The molecule has 0 fully saturated rings. The summed E-state index contributed by atoms with van der Waals surface area (Å²) in [5.74, 6) is -1.04. The van der Waals surface area contributed by atoms with Crippen molar-refractivity contribution in [1.82, 2.24) is 0 Å². The monoisotopic (exact) mass is 875 g/mol. The molecule has 0 bridgehead atoms. The van der Waals surface area contributed by atoms with Crippen LogP contribution in [0.5, 0.6) is 0 Å². The van der Waals surface area contributed by atoms with E-state index in [0.717, 1.165) is 57.8 Å². The van der Waals surface area contributed by atoms with Crippen molar-refractivity contribution in [3.63, 3.8) is 0 Å². The summed E-state index contributed by atoms with van der Waals surface area (Å²) in [4.78, 5) is 37.9. The van der Waals surface area contributed by atoms with Crippen molar-refractivity contribution in [3.05, 3.63) is 97.2 Å². The van der Waals surface area contributed by atoms with Gasteiger partial charge in [0.25, 0.3) is 0 Å². The van der Waals surface area contributed by atoms with Crippen LogP contribution in [0.1, 0.15) is 226 Å². The Hall–Kier alpha value is -3.67. The fourth-order valence-corrected chi connectivity index (χ4v) is 6.80. The molecule has 6 heteroatoms. The van der Waals surface area contributed by atoms with Gasteiger partial charge in [-0.25, -0.2) is 0 Å². The van der Waals surface area contributed by atoms with E-state index in [-0.39, 0.29) is 44.0 Å². The van der Waals surface area contributed by atoms with E-state index in [4.69, 9.17) is 14.2 Å². The highest BCUT2D eigenvalue weighted by molar-refractivity contribution is 5.71. The molecule has 0 N–H and O–H groups in total. The molecule has 0 saturated carbocycles. The number of carbonyl (C=O) groups excluding carboxylic acids is 3. The molecule has 0 amide bonds. The smallest absolute Gasteiger partial charge is 0.306 e. The van der Waals surface area contributed by atoms with E-state index in [1.54, 1.807) is 0 Å². The second-order valence-corrected chi connectivity index (χ2v) is 16.8. The average molecular weight is 875 g/mol. The Morgan fingerprint density at radius 2 is 0.714 bits per heavy atom. The van der Waals surface area contributed by atoms with Crippen molar-refractivity contribution in [2.75, 3.05) is 13.2 Å². The summed E-state index contributed by atoms with van der Waals surface area (Å²) >= 11 is 0. The van der Waals surface area contributed by atoms with E-state index in [0.29, 0.717) is 19.3 Å². The summed E-state index contributed by atoms with van der Waals surface area (Å²) in [6, 6.07) is 0. The Bertz CT molecular complexity index is 1280. The van der Waals surface area contributed by atoms with Crippen molar-refractivity contribution >= 4 is 17.9 Å². The van der Waals surface area contributed by atoms with Crippen LogP contribution in [0.25, 0.3) is 0 Å². The van der Waals surface area contributed by atoms with Gasteiger partial charge in [0.15, 0.2) is 6.10 Å². The third kappa shape index (κ3) is 49.2. The van der Waals surface area contributed by atoms with Gasteiger partial charge in [0, 0.05) is 19.3 Å². The Kier molecular flexibility index (Phi) is 48.0. The van der Waals surface area contributed by atoms with Crippen LogP contribution in [0.4, 0.5) is 0 Å². The van der Waals surface area contributed by atoms with Crippen molar-refractivity contribution in [1.29, 1.82) is 0 Å². The molecule has 0 aliphatic heterocycles. The highest BCUT2D eigenvalue weighted by atomic mass is 16.6. The predicted molar refractivity (Wildman–Crippen MR) is 270 cm³/mol. The van der Waals surface area contributed by atoms with Gasteiger partial charge in [0.1, 0.15) is 13.2 Å². The van der Waals surface area contributed by atoms with E-state index in [9.17, 15) is 14.4 Å². The quantitative estimate of drug-likeness (QED) is 0.0199. The Labute approximate surface area is 387 Å².